The molecule has 1 saturated heterocycles. The molecule has 2 aromatic rings. The van der Waals surface area contributed by atoms with Gasteiger partial charge in [0.15, 0.2) is 5.78 Å². The molecule has 1 N–H and O–H groups in total. The van der Waals surface area contributed by atoms with Gasteiger partial charge in [-0.05, 0) is 44.5 Å². The average molecular weight is 365 g/mol. The summed E-state index contributed by atoms with van der Waals surface area (Å²) in [5.74, 6) is -0.0495. The fraction of sp³-hybridized carbons (Fsp3) is 0.364. The highest BCUT2D eigenvalue weighted by Gasteiger charge is 2.26. The van der Waals surface area contributed by atoms with Crippen molar-refractivity contribution in [3.8, 4) is 0 Å². The van der Waals surface area contributed by atoms with Crippen LogP contribution in [0.3, 0.4) is 0 Å². The number of ketones is 1. The van der Waals surface area contributed by atoms with Gasteiger partial charge in [0.1, 0.15) is 0 Å². The number of amides is 1. The molecule has 0 unspecified atom stereocenters. The monoisotopic (exact) mass is 365 g/mol. The molecule has 1 aliphatic rings. The van der Waals surface area contributed by atoms with E-state index in [1.807, 2.05) is 13.0 Å². The van der Waals surface area contributed by atoms with Gasteiger partial charge in [0.25, 0.3) is 0 Å². The van der Waals surface area contributed by atoms with Crippen LogP contribution in [-0.2, 0) is 4.79 Å². The quantitative estimate of drug-likeness (QED) is 0.826. The van der Waals surface area contributed by atoms with E-state index >= 15 is 0 Å². The molecule has 3 rings (SSSR count). The molecule has 5 heteroatoms. The van der Waals surface area contributed by atoms with Crippen LogP contribution in [0.5, 0.6) is 0 Å². The normalized spacial score (nSPS) is 16.0. The number of benzene rings is 2. The van der Waals surface area contributed by atoms with Gasteiger partial charge in [-0.1, -0.05) is 30.3 Å². The summed E-state index contributed by atoms with van der Waals surface area (Å²) in [6, 6.07) is 15.3. The number of anilines is 2. The second-order valence-electron chi connectivity index (χ2n) is 7.11. The second-order valence-corrected chi connectivity index (χ2v) is 7.11. The molecule has 27 heavy (non-hydrogen) atoms. The van der Waals surface area contributed by atoms with E-state index in [-0.39, 0.29) is 17.7 Å². The second kappa shape index (κ2) is 8.35. The van der Waals surface area contributed by atoms with E-state index in [0.29, 0.717) is 11.3 Å². The zero-order valence-electron chi connectivity index (χ0n) is 16.2. The van der Waals surface area contributed by atoms with Gasteiger partial charge >= 0.3 is 0 Å². The zero-order valence-corrected chi connectivity index (χ0v) is 16.2. The van der Waals surface area contributed by atoms with E-state index in [2.05, 4.69) is 46.3 Å². The largest absolute Gasteiger partial charge is 0.369 e. The predicted octanol–water partition coefficient (Wildman–Crippen LogP) is 3.35. The van der Waals surface area contributed by atoms with Crippen LogP contribution in [0.1, 0.15) is 29.8 Å². The summed E-state index contributed by atoms with van der Waals surface area (Å²) in [5, 5.41) is 2.94. The molecule has 0 aromatic heterocycles. The Morgan fingerprint density at radius 2 is 1.70 bits per heavy atom. The van der Waals surface area contributed by atoms with Crippen molar-refractivity contribution >= 4 is 23.1 Å². The van der Waals surface area contributed by atoms with Gasteiger partial charge in [-0.15, -0.1) is 0 Å². The van der Waals surface area contributed by atoms with Crippen molar-refractivity contribution < 1.29 is 9.59 Å². The fourth-order valence-corrected chi connectivity index (χ4v) is 3.50. The SMILES string of the molecule is CC(=O)c1cccc(NC(=O)[C@H](C)N2CCN(c3ccccc3C)CC2)c1. The molecule has 1 heterocycles. The van der Waals surface area contributed by atoms with E-state index < -0.39 is 0 Å². The summed E-state index contributed by atoms with van der Waals surface area (Å²) < 4.78 is 0. The smallest absolute Gasteiger partial charge is 0.241 e. The standard InChI is InChI=1S/C22H27N3O2/c1-16-7-4-5-10-21(16)25-13-11-24(12-14-25)17(2)22(27)23-20-9-6-8-19(15-20)18(3)26/h4-10,15,17H,11-14H2,1-3H3,(H,23,27)/t17-/m0/s1. The Morgan fingerprint density at radius 1 is 1.00 bits per heavy atom. The molecule has 0 aliphatic carbocycles. The van der Waals surface area contributed by atoms with Crippen LogP contribution in [0, 0.1) is 6.92 Å². The predicted molar refractivity (Wildman–Crippen MR) is 110 cm³/mol. The van der Waals surface area contributed by atoms with E-state index in [9.17, 15) is 9.59 Å². The van der Waals surface area contributed by atoms with Crippen molar-refractivity contribution in [1.29, 1.82) is 0 Å². The molecule has 2 aromatic carbocycles. The van der Waals surface area contributed by atoms with Gasteiger partial charge < -0.3 is 10.2 Å². The van der Waals surface area contributed by atoms with Gasteiger partial charge in [0, 0.05) is 43.1 Å². The summed E-state index contributed by atoms with van der Waals surface area (Å²) in [6.45, 7) is 9.09. The van der Waals surface area contributed by atoms with Crippen molar-refractivity contribution in [2.24, 2.45) is 0 Å². The minimum Gasteiger partial charge on any atom is -0.369 e. The topological polar surface area (TPSA) is 52.7 Å². The summed E-state index contributed by atoms with van der Waals surface area (Å²) in [6.07, 6.45) is 0. The third-order valence-corrected chi connectivity index (χ3v) is 5.23. The molecular formula is C22H27N3O2. The van der Waals surface area contributed by atoms with Crippen molar-refractivity contribution in [3.63, 3.8) is 0 Å². The molecule has 1 aliphatic heterocycles. The van der Waals surface area contributed by atoms with Crippen molar-refractivity contribution in [3.05, 3.63) is 59.7 Å². The molecule has 1 amide bonds. The number of nitrogens with one attached hydrogen (secondary N) is 1. The highest BCUT2D eigenvalue weighted by Crippen LogP contribution is 2.21. The minimum absolute atomic E-state index is 0.00789. The Labute approximate surface area is 161 Å². The fourth-order valence-electron chi connectivity index (χ4n) is 3.50. The van der Waals surface area contributed by atoms with Gasteiger partial charge in [-0.2, -0.15) is 0 Å². The van der Waals surface area contributed by atoms with Crippen LogP contribution in [-0.4, -0.2) is 48.8 Å². The lowest BCUT2D eigenvalue weighted by Gasteiger charge is -2.39. The van der Waals surface area contributed by atoms with E-state index in [1.165, 1.54) is 18.2 Å². The number of hydrogen-bond acceptors (Lipinski definition) is 4. The molecule has 0 radical (unpaired) electrons. The van der Waals surface area contributed by atoms with Gasteiger partial charge in [0.05, 0.1) is 6.04 Å². The Balaban J connectivity index is 1.58. The van der Waals surface area contributed by atoms with Crippen molar-refractivity contribution in [2.45, 2.75) is 26.8 Å². The van der Waals surface area contributed by atoms with Crippen molar-refractivity contribution in [2.75, 3.05) is 36.4 Å². The van der Waals surface area contributed by atoms with Crippen LogP contribution in [0.25, 0.3) is 0 Å². The number of rotatable bonds is 5. The third kappa shape index (κ3) is 4.55. The molecule has 0 saturated carbocycles. The van der Waals surface area contributed by atoms with Crippen LogP contribution < -0.4 is 10.2 Å². The Morgan fingerprint density at radius 3 is 2.37 bits per heavy atom. The molecule has 0 spiro atoms. The summed E-state index contributed by atoms with van der Waals surface area (Å²) in [7, 11) is 0. The van der Waals surface area contributed by atoms with Gasteiger partial charge in [0.2, 0.25) is 5.91 Å². The number of carbonyl (C=O) groups excluding carboxylic acids is 2. The van der Waals surface area contributed by atoms with Crippen LogP contribution >= 0.6 is 0 Å². The van der Waals surface area contributed by atoms with E-state index in [1.54, 1.807) is 18.2 Å². The molecule has 0 bridgehead atoms. The minimum atomic E-state index is -0.218. The van der Waals surface area contributed by atoms with Crippen LogP contribution in [0.2, 0.25) is 0 Å². The van der Waals surface area contributed by atoms with E-state index in [4.69, 9.17) is 0 Å². The number of para-hydroxylation sites is 1. The lowest BCUT2D eigenvalue weighted by molar-refractivity contribution is -0.120. The maximum absolute atomic E-state index is 12.6. The summed E-state index contributed by atoms with van der Waals surface area (Å²) in [4.78, 5) is 28.7. The Bertz CT molecular complexity index is 826. The number of piperazine rings is 1. The highest BCUT2D eigenvalue weighted by atomic mass is 16.2. The molecule has 5 nitrogen and oxygen atoms in total. The number of aryl methyl sites for hydroxylation is 1. The molecular weight excluding hydrogens is 338 g/mol. The van der Waals surface area contributed by atoms with E-state index in [0.717, 1.165) is 26.2 Å². The lowest BCUT2D eigenvalue weighted by atomic mass is 10.1. The van der Waals surface area contributed by atoms with Gasteiger partial charge in [-0.25, -0.2) is 0 Å². The van der Waals surface area contributed by atoms with Gasteiger partial charge in [-0.3, -0.25) is 14.5 Å². The maximum atomic E-state index is 12.6. The van der Waals surface area contributed by atoms with Crippen LogP contribution in [0.15, 0.2) is 48.5 Å². The number of hydrogen-bond donors (Lipinski definition) is 1. The molecule has 1 fully saturated rings. The Hall–Kier alpha value is -2.66. The van der Waals surface area contributed by atoms with Crippen molar-refractivity contribution in [1.82, 2.24) is 4.90 Å². The zero-order chi connectivity index (χ0) is 19.4. The van der Waals surface area contributed by atoms with Crippen LogP contribution in [0.4, 0.5) is 11.4 Å². The number of nitrogens with zero attached hydrogens (tertiary/aromatic N) is 2. The first-order chi connectivity index (χ1) is 13.0. The molecule has 1 atom stereocenters. The first-order valence-corrected chi connectivity index (χ1v) is 9.42. The number of Topliss-reactive ketones (excluding diaryl/α,β-unsaturated/α-hetero) is 1. The first-order valence-electron chi connectivity index (χ1n) is 9.42. The third-order valence-electron chi connectivity index (χ3n) is 5.23. The first kappa shape index (κ1) is 19.1. The highest BCUT2D eigenvalue weighted by molar-refractivity contribution is 5.98. The summed E-state index contributed by atoms with van der Waals surface area (Å²) in [5.41, 5.74) is 3.82. The Kier molecular flexibility index (Phi) is 5.91. The maximum Gasteiger partial charge on any atom is 0.241 e. The summed E-state index contributed by atoms with van der Waals surface area (Å²) >= 11 is 0. The lowest BCUT2D eigenvalue weighted by Crippen LogP contribution is -2.53. The average Bonchev–Trinajstić information content (AvgIpc) is 2.68. The molecule has 142 valence electrons. The number of carbonyl (C=O) groups is 2.